The molecule has 0 saturated heterocycles. The lowest BCUT2D eigenvalue weighted by atomic mass is 9.60. The summed E-state index contributed by atoms with van der Waals surface area (Å²) in [6.07, 6.45) is 0. The lowest BCUT2D eigenvalue weighted by molar-refractivity contribution is 1.18. The first kappa shape index (κ1) is 20.7. The Morgan fingerprint density at radius 1 is 0.450 bits per heavy atom. The van der Waals surface area contributed by atoms with Crippen LogP contribution in [0.4, 0.5) is 11.4 Å². The highest BCUT2D eigenvalue weighted by molar-refractivity contribution is 6.82. The van der Waals surface area contributed by atoms with Gasteiger partial charge in [-0.05, 0) is 53.5 Å². The molecule has 0 N–H and O–H groups in total. The average Bonchev–Trinajstić information content (AvgIpc) is 3.66. The van der Waals surface area contributed by atoms with Crippen molar-refractivity contribution >= 4 is 67.4 Å². The molecule has 0 atom stereocenters. The molecule has 10 rings (SSSR count). The summed E-state index contributed by atoms with van der Waals surface area (Å²) in [6.45, 7) is 0.0857. The van der Waals surface area contributed by atoms with E-state index < -0.39 is 0 Å². The van der Waals surface area contributed by atoms with E-state index in [1.54, 1.807) is 0 Å². The third-order valence-electron chi connectivity index (χ3n) is 9.07. The second kappa shape index (κ2) is 7.25. The summed E-state index contributed by atoms with van der Waals surface area (Å²) < 4.78 is 4.98. The Kier molecular flexibility index (Phi) is 3.75. The molecule has 0 radical (unpaired) electrons. The second-order valence-electron chi connectivity index (χ2n) is 11.0. The standard InChI is InChI=1S/C36H22BN3/c1-5-15-30-24(10-1)29-22-23(38-31-16-6-2-11-25(31)26-12-3-7-17-32(26)38)20-21-34(29)39-35-19-9-14-28-27-13-4-8-18-33(27)40(36(28)35)37(30)39/h1-22H. The fourth-order valence-corrected chi connectivity index (χ4v) is 7.53. The van der Waals surface area contributed by atoms with Gasteiger partial charge in [0.25, 0.3) is 0 Å². The highest BCUT2D eigenvalue weighted by Crippen LogP contribution is 2.49. The van der Waals surface area contributed by atoms with Crippen molar-refractivity contribution in [3.8, 4) is 16.8 Å². The SMILES string of the molecule is c1ccc2c(c1)B1N(c3ccc(-n4c5ccccc5c5ccccc54)cc3-2)c2cccc3c4ccccc4n1c23. The molecule has 0 fully saturated rings. The molecule has 0 bridgehead atoms. The van der Waals surface area contributed by atoms with Crippen molar-refractivity contribution in [2.24, 2.45) is 0 Å². The molecular weight excluding hydrogens is 485 g/mol. The van der Waals surface area contributed by atoms with Gasteiger partial charge in [-0.2, -0.15) is 0 Å². The Morgan fingerprint density at radius 3 is 1.85 bits per heavy atom. The fourth-order valence-electron chi connectivity index (χ4n) is 7.53. The van der Waals surface area contributed by atoms with E-state index in [4.69, 9.17) is 0 Å². The Hall–Kier alpha value is -5.22. The molecule has 6 aromatic carbocycles. The summed E-state index contributed by atoms with van der Waals surface area (Å²) >= 11 is 0. The van der Waals surface area contributed by atoms with Crippen molar-refractivity contribution in [3.05, 3.63) is 133 Å². The number of para-hydroxylation sites is 4. The fraction of sp³-hybridized carbons (Fsp3) is 0. The molecule has 4 heterocycles. The summed E-state index contributed by atoms with van der Waals surface area (Å²) in [5, 5.41) is 5.22. The molecule has 0 amide bonds. The first-order valence-corrected chi connectivity index (χ1v) is 13.9. The zero-order chi connectivity index (χ0) is 25.9. The van der Waals surface area contributed by atoms with Crippen molar-refractivity contribution in [1.82, 2.24) is 9.05 Å². The Bertz CT molecular complexity index is 2310. The molecular formula is C36H22BN3. The Balaban J connectivity index is 1.29. The van der Waals surface area contributed by atoms with Crippen molar-refractivity contribution < 1.29 is 0 Å². The van der Waals surface area contributed by atoms with Gasteiger partial charge in [0.1, 0.15) is 0 Å². The van der Waals surface area contributed by atoms with Gasteiger partial charge in [-0.1, -0.05) is 91.0 Å². The third-order valence-corrected chi connectivity index (χ3v) is 9.07. The predicted octanol–water partition coefficient (Wildman–Crippen LogP) is 8.27. The smallest absolute Gasteiger partial charge is 0.359 e. The van der Waals surface area contributed by atoms with E-state index in [-0.39, 0.29) is 6.98 Å². The van der Waals surface area contributed by atoms with Gasteiger partial charge in [0.15, 0.2) is 0 Å². The topological polar surface area (TPSA) is 13.1 Å². The van der Waals surface area contributed by atoms with Gasteiger partial charge in [-0.3, -0.25) is 0 Å². The van der Waals surface area contributed by atoms with Crippen molar-refractivity contribution in [1.29, 1.82) is 0 Å². The molecule has 2 aromatic heterocycles. The van der Waals surface area contributed by atoms with Crippen LogP contribution < -0.4 is 10.3 Å². The van der Waals surface area contributed by atoms with Gasteiger partial charge in [0.05, 0.1) is 22.2 Å². The van der Waals surface area contributed by atoms with Crippen LogP contribution in [0, 0.1) is 0 Å². The molecule has 0 unspecified atom stereocenters. The molecule has 0 spiro atoms. The number of fused-ring (bicyclic) bond motifs is 14. The van der Waals surface area contributed by atoms with Crippen LogP contribution in [0.25, 0.3) is 60.4 Å². The monoisotopic (exact) mass is 507 g/mol. The predicted molar refractivity (Wildman–Crippen MR) is 169 cm³/mol. The molecule has 3 nitrogen and oxygen atoms in total. The maximum atomic E-state index is 2.56. The summed E-state index contributed by atoms with van der Waals surface area (Å²) in [4.78, 5) is 2.56. The number of hydrogen-bond donors (Lipinski definition) is 0. The minimum atomic E-state index is 0.0857. The van der Waals surface area contributed by atoms with E-state index in [0.29, 0.717) is 0 Å². The van der Waals surface area contributed by atoms with E-state index in [2.05, 4.69) is 147 Å². The van der Waals surface area contributed by atoms with Gasteiger partial charge in [0, 0.05) is 44.0 Å². The van der Waals surface area contributed by atoms with E-state index in [1.165, 1.54) is 77.3 Å². The van der Waals surface area contributed by atoms with Crippen LogP contribution in [-0.4, -0.2) is 16.0 Å². The lowest BCUT2D eigenvalue weighted by Crippen LogP contribution is -2.51. The molecule has 2 aliphatic heterocycles. The van der Waals surface area contributed by atoms with E-state index >= 15 is 0 Å². The normalized spacial score (nSPS) is 13.4. The van der Waals surface area contributed by atoms with Crippen LogP contribution in [0.15, 0.2) is 133 Å². The highest BCUT2D eigenvalue weighted by atomic mass is 15.2. The quantitative estimate of drug-likeness (QED) is 0.204. The summed E-state index contributed by atoms with van der Waals surface area (Å²) in [5.41, 5.74) is 12.7. The van der Waals surface area contributed by atoms with Gasteiger partial charge < -0.3 is 13.9 Å². The molecule has 40 heavy (non-hydrogen) atoms. The average molecular weight is 507 g/mol. The van der Waals surface area contributed by atoms with E-state index in [0.717, 1.165) is 0 Å². The molecule has 0 aliphatic carbocycles. The van der Waals surface area contributed by atoms with Crippen molar-refractivity contribution in [2.75, 3.05) is 4.81 Å². The minimum absolute atomic E-state index is 0.0857. The summed E-state index contributed by atoms with van der Waals surface area (Å²) in [6, 6.07) is 49.1. The molecule has 2 aliphatic rings. The van der Waals surface area contributed by atoms with Gasteiger partial charge in [-0.15, -0.1) is 0 Å². The Morgan fingerprint density at radius 2 is 1.07 bits per heavy atom. The van der Waals surface area contributed by atoms with Crippen LogP contribution in [0.3, 0.4) is 0 Å². The first-order valence-electron chi connectivity index (χ1n) is 13.9. The van der Waals surface area contributed by atoms with Gasteiger partial charge >= 0.3 is 6.98 Å². The number of anilines is 2. The lowest BCUT2D eigenvalue weighted by Gasteiger charge is -2.35. The molecule has 0 saturated carbocycles. The first-order chi connectivity index (χ1) is 19.9. The number of benzene rings is 6. The number of hydrogen-bond acceptors (Lipinski definition) is 1. The molecule has 8 aromatic rings. The maximum Gasteiger partial charge on any atom is 0.421 e. The molecule has 4 heteroatoms. The van der Waals surface area contributed by atoms with Gasteiger partial charge in [-0.25, -0.2) is 0 Å². The minimum Gasteiger partial charge on any atom is -0.359 e. The highest BCUT2D eigenvalue weighted by Gasteiger charge is 2.44. The van der Waals surface area contributed by atoms with Crippen molar-refractivity contribution in [2.45, 2.75) is 0 Å². The third kappa shape index (κ3) is 2.39. The number of rotatable bonds is 1. The second-order valence-corrected chi connectivity index (χ2v) is 11.0. The summed E-state index contributed by atoms with van der Waals surface area (Å²) in [5.74, 6) is 0. The van der Waals surface area contributed by atoms with Crippen molar-refractivity contribution in [3.63, 3.8) is 0 Å². The number of nitrogens with zero attached hydrogens (tertiary/aromatic N) is 3. The largest absolute Gasteiger partial charge is 0.421 e. The van der Waals surface area contributed by atoms with E-state index in [9.17, 15) is 0 Å². The molecule has 184 valence electrons. The zero-order valence-corrected chi connectivity index (χ0v) is 21.6. The van der Waals surface area contributed by atoms with Crippen LogP contribution in [0.5, 0.6) is 0 Å². The Labute approximate surface area is 231 Å². The van der Waals surface area contributed by atoms with Gasteiger partial charge in [0.2, 0.25) is 0 Å². The maximum absolute atomic E-state index is 2.56. The van der Waals surface area contributed by atoms with Crippen LogP contribution >= 0.6 is 0 Å². The van der Waals surface area contributed by atoms with E-state index in [1.807, 2.05) is 0 Å². The number of aromatic nitrogens is 2. The van der Waals surface area contributed by atoms with Crippen LogP contribution in [-0.2, 0) is 0 Å². The van der Waals surface area contributed by atoms with Crippen LogP contribution in [0.2, 0.25) is 0 Å². The summed E-state index contributed by atoms with van der Waals surface area (Å²) in [7, 11) is 0. The van der Waals surface area contributed by atoms with Crippen LogP contribution in [0.1, 0.15) is 0 Å². The zero-order valence-electron chi connectivity index (χ0n) is 21.6.